The van der Waals surface area contributed by atoms with Crippen molar-refractivity contribution in [1.82, 2.24) is 0 Å². The van der Waals surface area contributed by atoms with Gasteiger partial charge in [-0.05, 0) is 26.0 Å². The van der Waals surface area contributed by atoms with Crippen molar-refractivity contribution >= 4 is 0 Å². The monoisotopic (exact) mass is 246 g/mol. The number of halogens is 2. The third-order valence-corrected chi connectivity index (χ3v) is 1.99. The SMILES string of the molecule is CCOC(COc1c(F)cccc1F)OCC. The highest BCUT2D eigenvalue weighted by molar-refractivity contribution is 5.25. The largest absolute Gasteiger partial charge is 0.482 e. The Bertz CT molecular complexity index is 318. The van der Waals surface area contributed by atoms with E-state index in [2.05, 4.69) is 0 Å². The van der Waals surface area contributed by atoms with Gasteiger partial charge in [0, 0.05) is 13.2 Å². The van der Waals surface area contributed by atoms with Crippen molar-refractivity contribution < 1.29 is 23.0 Å². The summed E-state index contributed by atoms with van der Waals surface area (Å²) in [5.41, 5.74) is 0. The summed E-state index contributed by atoms with van der Waals surface area (Å²) in [4.78, 5) is 0. The maximum atomic E-state index is 13.2. The van der Waals surface area contributed by atoms with Crippen LogP contribution < -0.4 is 4.74 Å². The van der Waals surface area contributed by atoms with Crippen molar-refractivity contribution in [1.29, 1.82) is 0 Å². The van der Waals surface area contributed by atoms with Crippen molar-refractivity contribution in [2.45, 2.75) is 20.1 Å². The molecule has 0 spiro atoms. The van der Waals surface area contributed by atoms with Crippen molar-refractivity contribution in [3.05, 3.63) is 29.8 Å². The van der Waals surface area contributed by atoms with E-state index in [4.69, 9.17) is 14.2 Å². The number of rotatable bonds is 7. The van der Waals surface area contributed by atoms with Gasteiger partial charge in [-0.2, -0.15) is 0 Å². The van der Waals surface area contributed by atoms with E-state index in [1.165, 1.54) is 6.07 Å². The smallest absolute Gasteiger partial charge is 0.191 e. The maximum absolute atomic E-state index is 13.2. The lowest BCUT2D eigenvalue weighted by molar-refractivity contribution is -0.152. The van der Waals surface area contributed by atoms with Crippen LogP contribution in [0.2, 0.25) is 0 Å². The molecular weight excluding hydrogens is 230 g/mol. The lowest BCUT2D eigenvalue weighted by Gasteiger charge is -2.17. The van der Waals surface area contributed by atoms with Gasteiger partial charge in [-0.3, -0.25) is 0 Å². The summed E-state index contributed by atoms with van der Waals surface area (Å²) < 4.78 is 41.9. The molecule has 1 aromatic carbocycles. The number of para-hydroxylation sites is 1. The van der Waals surface area contributed by atoms with Crippen LogP contribution in [0.4, 0.5) is 8.78 Å². The van der Waals surface area contributed by atoms with E-state index < -0.39 is 23.7 Å². The third-order valence-electron chi connectivity index (χ3n) is 1.99. The van der Waals surface area contributed by atoms with Crippen LogP contribution in [0.5, 0.6) is 5.75 Å². The van der Waals surface area contributed by atoms with Crippen LogP contribution >= 0.6 is 0 Å². The van der Waals surface area contributed by atoms with Crippen LogP contribution in [0, 0.1) is 11.6 Å². The summed E-state index contributed by atoms with van der Waals surface area (Å²) in [6.45, 7) is 4.42. The van der Waals surface area contributed by atoms with Crippen molar-refractivity contribution in [2.75, 3.05) is 19.8 Å². The average molecular weight is 246 g/mol. The summed E-state index contributed by atoms with van der Waals surface area (Å²) in [6, 6.07) is 3.55. The van der Waals surface area contributed by atoms with Gasteiger partial charge in [-0.25, -0.2) is 8.78 Å². The topological polar surface area (TPSA) is 27.7 Å². The predicted molar refractivity (Wildman–Crippen MR) is 58.9 cm³/mol. The average Bonchev–Trinajstić information content (AvgIpc) is 2.29. The second kappa shape index (κ2) is 7.19. The van der Waals surface area contributed by atoms with Gasteiger partial charge in [0.2, 0.25) is 0 Å². The van der Waals surface area contributed by atoms with Gasteiger partial charge in [0.15, 0.2) is 23.7 Å². The highest BCUT2D eigenvalue weighted by Crippen LogP contribution is 2.21. The van der Waals surface area contributed by atoms with Crippen LogP contribution in [0.15, 0.2) is 18.2 Å². The van der Waals surface area contributed by atoms with Gasteiger partial charge in [0.25, 0.3) is 0 Å². The molecule has 0 amide bonds. The van der Waals surface area contributed by atoms with Crippen LogP contribution in [-0.4, -0.2) is 26.1 Å². The summed E-state index contributed by atoms with van der Waals surface area (Å²) in [6.07, 6.45) is -0.621. The van der Waals surface area contributed by atoms with E-state index >= 15 is 0 Å². The van der Waals surface area contributed by atoms with Crippen LogP contribution in [0.3, 0.4) is 0 Å². The van der Waals surface area contributed by atoms with Gasteiger partial charge in [0.05, 0.1) is 0 Å². The first kappa shape index (κ1) is 13.9. The zero-order valence-corrected chi connectivity index (χ0v) is 9.91. The van der Waals surface area contributed by atoms with Crippen molar-refractivity contribution in [2.24, 2.45) is 0 Å². The molecule has 0 aromatic heterocycles. The quantitative estimate of drug-likeness (QED) is 0.692. The van der Waals surface area contributed by atoms with E-state index in [1.807, 2.05) is 0 Å². The molecule has 0 radical (unpaired) electrons. The second-order valence-corrected chi connectivity index (χ2v) is 3.20. The number of ether oxygens (including phenoxy) is 3. The lowest BCUT2D eigenvalue weighted by Crippen LogP contribution is -2.25. The molecule has 0 aliphatic rings. The second-order valence-electron chi connectivity index (χ2n) is 3.20. The first-order valence-electron chi connectivity index (χ1n) is 5.49. The fourth-order valence-corrected chi connectivity index (χ4v) is 1.29. The normalized spacial score (nSPS) is 10.9. The molecule has 0 saturated heterocycles. The predicted octanol–water partition coefficient (Wildman–Crippen LogP) is 2.74. The molecule has 0 saturated carbocycles. The molecule has 0 N–H and O–H groups in total. The Morgan fingerprint density at radius 1 is 1.06 bits per heavy atom. The van der Waals surface area contributed by atoms with E-state index in [0.717, 1.165) is 12.1 Å². The summed E-state index contributed by atoms with van der Waals surface area (Å²) in [5, 5.41) is 0. The highest BCUT2D eigenvalue weighted by Gasteiger charge is 2.14. The standard InChI is InChI=1S/C12H16F2O3/c1-3-15-11(16-4-2)8-17-12-9(13)6-5-7-10(12)14/h5-7,11H,3-4,8H2,1-2H3. The van der Waals surface area contributed by atoms with Crippen LogP contribution in [0.1, 0.15) is 13.8 Å². The number of hydrogen-bond acceptors (Lipinski definition) is 3. The number of hydrogen-bond donors (Lipinski definition) is 0. The van der Waals surface area contributed by atoms with Crippen molar-refractivity contribution in [3.63, 3.8) is 0 Å². The Labute approximate surface area is 99.3 Å². The van der Waals surface area contributed by atoms with Gasteiger partial charge in [-0.1, -0.05) is 6.07 Å². The van der Waals surface area contributed by atoms with Gasteiger partial charge >= 0.3 is 0 Å². The fourth-order valence-electron chi connectivity index (χ4n) is 1.29. The first-order chi connectivity index (χ1) is 8.19. The minimum atomic E-state index is -0.739. The highest BCUT2D eigenvalue weighted by atomic mass is 19.1. The Morgan fingerprint density at radius 2 is 1.59 bits per heavy atom. The minimum Gasteiger partial charge on any atom is -0.482 e. The summed E-state index contributed by atoms with van der Waals surface area (Å²) in [5.74, 6) is -1.88. The Balaban J connectivity index is 2.58. The van der Waals surface area contributed by atoms with Crippen molar-refractivity contribution in [3.8, 4) is 5.75 Å². The third kappa shape index (κ3) is 4.28. The van der Waals surface area contributed by atoms with Crippen LogP contribution in [-0.2, 0) is 9.47 Å². The molecule has 0 fully saturated rings. The molecule has 1 aromatic rings. The molecule has 0 unspecified atom stereocenters. The van der Waals surface area contributed by atoms with E-state index in [9.17, 15) is 8.78 Å². The van der Waals surface area contributed by atoms with E-state index in [-0.39, 0.29) is 6.61 Å². The molecule has 17 heavy (non-hydrogen) atoms. The Kier molecular flexibility index (Phi) is 5.86. The molecule has 0 bridgehead atoms. The molecule has 1 rings (SSSR count). The summed E-state index contributed by atoms with van der Waals surface area (Å²) >= 11 is 0. The molecular formula is C12H16F2O3. The Morgan fingerprint density at radius 3 is 2.06 bits per heavy atom. The zero-order valence-electron chi connectivity index (χ0n) is 9.91. The summed E-state index contributed by atoms with van der Waals surface area (Å²) in [7, 11) is 0. The van der Waals surface area contributed by atoms with Gasteiger partial charge in [-0.15, -0.1) is 0 Å². The minimum absolute atomic E-state index is 0.0560. The lowest BCUT2D eigenvalue weighted by atomic mass is 10.3. The van der Waals surface area contributed by atoms with E-state index in [0.29, 0.717) is 13.2 Å². The van der Waals surface area contributed by atoms with E-state index in [1.54, 1.807) is 13.8 Å². The molecule has 3 nitrogen and oxygen atoms in total. The molecule has 0 heterocycles. The zero-order chi connectivity index (χ0) is 12.7. The molecule has 0 aliphatic heterocycles. The van der Waals surface area contributed by atoms with Crippen LogP contribution in [0.25, 0.3) is 0 Å². The molecule has 0 atom stereocenters. The Hall–Kier alpha value is -1.20. The molecule has 96 valence electrons. The van der Waals surface area contributed by atoms with Gasteiger partial charge < -0.3 is 14.2 Å². The molecule has 0 aliphatic carbocycles. The maximum Gasteiger partial charge on any atom is 0.191 e. The van der Waals surface area contributed by atoms with Gasteiger partial charge in [0.1, 0.15) is 6.61 Å². The first-order valence-corrected chi connectivity index (χ1v) is 5.49. The number of benzene rings is 1. The molecule has 5 heteroatoms. The fraction of sp³-hybridized carbons (Fsp3) is 0.500.